The van der Waals surface area contributed by atoms with Gasteiger partial charge in [0.25, 0.3) is 0 Å². The molecule has 3 rings (SSSR count). The fourth-order valence-electron chi connectivity index (χ4n) is 3.58. The van der Waals surface area contributed by atoms with E-state index < -0.39 is 0 Å². The fraction of sp³-hybridized carbons (Fsp3) is 0.588. The number of methoxy groups -OCH3 is 1. The van der Waals surface area contributed by atoms with Crippen molar-refractivity contribution in [2.45, 2.75) is 50.2 Å². The molecule has 1 aliphatic rings. The lowest BCUT2D eigenvalue weighted by Gasteiger charge is -2.42. The summed E-state index contributed by atoms with van der Waals surface area (Å²) < 4.78 is 7.27. The summed E-state index contributed by atoms with van der Waals surface area (Å²) in [5, 5.41) is 4.70. The Balaban J connectivity index is 1.82. The van der Waals surface area contributed by atoms with Crippen LogP contribution < -0.4 is 5.32 Å². The van der Waals surface area contributed by atoms with Crippen LogP contribution in [0.15, 0.2) is 24.3 Å². The number of para-hydroxylation sites is 1. The normalized spacial score (nSPS) is 19.7. The number of nitrogens with one attached hydrogen (secondary N) is 1. The van der Waals surface area contributed by atoms with Crippen LogP contribution in [0.3, 0.4) is 0 Å². The maximum Gasteiger partial charge on any atom is 0.0955 e. The molecule has 21 heavy (non-hydrogen) atoms. The minimum Gasteiger partial charge on any atom is -0.377 e. The van der Waals surface area contributed by atoms with Crippen molar-refractivity contribution in [3.63, 3.8) is 0 Å². The van der Waals surface area contributed by atoms with E-state index in [9.17, 15) is 0 Å². The summed E-state index contributed by atoms with van der Waals surface area (Å²) in [5.41, 5.74) is 1.09. The van der Waals surface area contributed by atoms with Crippen LogP contribution in [0.4, 0.5) is 0 Å². The summed E-state index contributed by atoms with van der Waals surface area (Å²) in [7, 11) is 3.92. The molecule has 1 fully saturated rings. The van der Waals surface area contributed by atoms with Crippen LogP contribution >= 0.6 is 11.3 Å². The molecule has 0 radical (unpaired) electrons. The van der Waals surface area contributed by atoms with Crippen molar-refractivity contribution < 1.29 is 4.74 Å². The number of hydrogen-bond donors (Lipinski definition) is 1. The zero-order valence-electron chi connectivity index (χ0n) is 12.9. The lowest BCUT2D eigenvalue weighted by Crippen LogP contribution is -2.53. The molecule has 0 aliphatic heterocycles. The molecule has 0 saturated heterocycles. The number of thiazole rings is 1. The summed E-state index contributed by atoms with van der Waals surface area (Å²) in [6.45, 7) is 0. The van der Waals surface area contributed by atoms with E-state index in [1.54, 1.807) is 0 Å². The van der Waals surface area contributed by atoms with E-state index in [-0.39, 0.29) is 5.60 Å². The first-order chi connectivity index (χ1) is 10.3. The smallest absolute Gasteiger partial charge is 0.0955 e. The van der Waals surface area contributed by atoms with Crippen LogP contribution in [-0.2, 0) is 11.2 Å². The van der Waals surface area contributed by atoms with E-state index >= 15 is 0 Å². The Morgan fingerprint density at radius 2 is 2.05 bits per heavy atom. The summed E-state index contributed by atoms with van der Waals surface area (Å²) in [6.07, 6.45) is 7.13. The van der Waals surface area contributed by atoms with Gasteiger partial charge in [0.05, 0.1) is 20.8 Å². The number of likely N-dealkylation sites (N-methyl/N-ethyl adjacent to an activating group) is 1. The van der Waals surface area contributed by atoms with Gasteiger partial charge in [-0.25, -0.2) is 4.98 Å². The monoisotopic (exact) mass is 304 g/mol. The van der Waals surface area contributed by atoms with Crippen LogP contribution in [0.2, 0.25) is 0 Å². The Morgan fingerprint density at radius 3 is 2.71 bits per heavy atom. The number of aromatic nitrogens is 1. The van der Waals surface area contributed by atoms with Crippen LogP contribution in [0.1, 0.15) is 37.1 Å². The average Bonchev–Trinajstić information content (AvgIpc) is 2.95. The van der Waals surface area contributed by atoms with Gasteiger partial charge in [-0.05, 0) is 32.0 Å². The Hall–Kier alpha value is -0.970. The molecule has 1 saturated carbocycles. The minimum absolute atomic E-state index is 0.0230. The molecule has 1 aromatic carbocycles. The molecule has 1 atom stereocenters. The summed E-state index contributed by atoms with van der Waals surface area (Å²) in [5.74, 6) is 0. The molecule has 0 spiro atoms. The second-order valence-corrected chi connectivity index (χ2v) is 7.07. The first kappa shape index (κ1) is 14.9. The van der Waals surface area contributed by atoms with E-state index in [4.69, 9.17) is 9.72 Å². The number of nitrogens with zero attached hydrogens (tertiary/aromatic N) is 1. The number of fused-ring (bicyclic) bond motifs is 1. The molecule has 0 amide bonds. The molecular weight excluding hydrogens is 280 g/mol. The number of rotatable bonds is 5. The van der Waals surface area contributed by atoms with E-state index in [0.29, 0.717) is 6.04 Å². The van der Waals surface area contributed by atoms with Gasteiger partial charge in [0.2, 0.25) is 0 Å². The van der Waals surface area contributed by atoms with Gasteiger partial charge in [-0.1, -0.05) is 31.4 Å². The summed E-state index contributed by atoms with van der Waals surface area (Å²) in [4.78, 5) is 4.78. The molecule has 1 heterocycles. The van der Waals surface area contributed by atoms with Crippen molar-refractivity contribution >= 4 is 21.6 Å². The van der Waals surface area contributed by atoms with Gasteiger partial charge in [-0.15, -0.1) is 11.3 Å². The third-order valence-electron chi connectivity index (χ3n) is 4.81. The lowest BCUT2D eigenvalue weighted by molar-refractivity contribution is -0.0657. The predicted molar refractivity (Wildman–Crippen MR) is 89.0 cm³/mol. The van der Waals surface area contributed by atoms with E-state index in [2.05, 4.69) is 29.6 Å². The van der Waals surface area contributed by atoms with Crippen molar-refractivity contribution in [2.75, 3.05) is 14.2 Å². The van der Waals surface area contributed by atoms with Gasteiger partial charge in [-0.3, -0.25) is 0 Å². The molecule has 1 aliphatic carbocycles. The zero-order valence-corrected chi connectivity index (χ0v) is 13.7. The third-order valence-corrected chi connectivity index (χ3v) is 5.87. The number of ether oxygens (including phenoxy) is 1. The topological polar surface area (TPSA) is 34.2 Å². The maximum atomic E-state index is 5.99. The van der Waals surface area contributed by atoms with Gasteiger partial charge in [0, 0.05) is 19.6 Å². The minimum atomic E-state index is -0.0230. The van der Waals surface area contributed by atoms with Crippen molar-refractivity contribution in [3.8, 4) is 0 Å². The molecule has 1 aromatic heterocycles. The standard InChI is InChI=1S/C17H24N2OS/c1-18-15(17(20-2)10-6-3-7-11-17)12-16-19-13-8-4-5-9-14(13)21-16/h4-5,8-9,15,18H,3,6-7,10-12H2,1-2H3. The Morgan fingerprint density at radius 1 is 1.29 bits per heavy atom. The van der Waals surface area contributed by atoms with E-state index in [1.807, 2.05) is 25.5 Å². The Bertz CT molecular complexity index is 556. The molecule has 4 heteroatoms. The second kappa shape index (κ2) is 6.42. The number of benzene rings is 1. The highest BCUT2D eigenvalue weighted by atomic mass is 32.1. The molecule has 0 bridgehead atoms. The highest BCUT2D eigenvalue weighted by Crippen LogP contribution is 2.36. The van der Waals surface area contributed by atoms with Crippen LogP contribution in [0.25, 0.3) is 10.2 Å². The van der Waals surface area contributed by atoms with Crippen molar-refractivity contribution in [3.05, 3.63) is 29.3 Å². The quantitative estimate of drug-likeness (QED) is 0.913. The number of hydrogen-bond acceptors (Lipinski definition) is 4. The SMILES string of the molecule is CNC(Cc1nc2ccccc2s1)C1(OC)CCCCC1. The molecule has 114 valence electrons. The first-order valence-corrected chi connectivity index (χ1v) is 8.66. The van der Waals surface area contributed by atoms with Gasteiger partial charge >= 0.3 is 0 Å². The van der Waals surface area contributed by atoms with Crippen molar-refractivity contribution in [1.82, 2.24) is 10.3 Å². The molecule has 3 nitrogen and oxygen atoms in total. The summed E-state index contributed by atoms with van der Waals surface area (Å²) in [6, 6.07) is 8.72. The molecule has 2 aromatic rings. The summed E-state index contributed by atoms with van der Waals surface area (Å²) >= 11 is 1.81. The van der Waals surface area contributed by atoms with Gasteiger partial charge in [0.15, 0.2) is 0 Å². The second-order valence-electron chi connectivity index (χ2n) is 5.95. The maximum absolute atomic E-state index is 5.99. The van der Waals surface area contributed by atoms with Crippen molar-refractivity contribution in [1.29, 1.82) is 0 Å². The Labute approximate surface area is 130 Å². The fourth-order valence-corrected chi connectivity index (χ4v) is 4.59. The van der Waals surface area contributed by atoms with Gasteiger partial charge < -0.3 is 10.1 Å². The van der Waals surface area contributed by atoms with Crippen LogP contribution in [0, 0.1) is 0 Å². The lowest BCUT2D eigenvalue weighted by atomic mass is 9.78. The Kier molecular flexibility index (Phi) is 4.57. The highest BCUT2D eigenvalue weighted by molar-refractivity contribution is 7.18. The highest BCUT2D eigenvalue weighted by Gasteiger charge is 2.39. The molecular formula is C17H24N2OS. The van der Waals surface area contributed by atoms with Crippen molar-refractivity contribution in [2.24, 2.45) is 0 Å². The first-order valence-electron chi connectivity index (χ1n) is 7.84. The van der Waals surface area contributed by atoms with Crippen LogP contribution in [0.5, 0.6) is 0 Å². The average molecular weight is 304 g/mol. The third kappa shape index (κ3) is 2.98. The van der Waals surface area contributed by atoms with E-state index in [0.717, 1.165) is 24.8 Å². The van der Waals surface area contributed by atoms with Gasteiger partial charge in [0.1, 0.15) is 0 Å². The van der Waals surface area contributed by atoms with Crippen LogP contribution in [-0.4, -0.2) is 30.8 Å². The zero-order chi connectivity index (χ0) is 14.7. The largest absolute Gasteiger partial charge is 0.377 e. The van der Waals surface area contributed by atoms with E-state index in [1.165, 1.54) is 29.0 Å². The van der Waals surface area contributed by atoms with Gasteiger partial charge in [-0.2, -0.15) is 0 Å². The predicted octanol–water partition coefficient (Wildman–Crippen LogP) is 3.78. The molecule has 1 unspecified atom stereocenters. The molecule has 1 N–H and O–H groups in total.